The number of esters is 1. The molecule has 0 atom stereocenters. The Morgan fingerprint density at radius 1 is 0.706 bits per heavy atom. The number of hydrogen-bond acceptors (Lipinski definition) is 7. The number of carbonyl (C=O) groups excluding carboxylic acids is 1. The van der Waals surface area contributed by atoms with Crippen LogP contribution in [0.5, 0.6) is 0 Å². The van der Waals surface area contributed by atoms with Crippen LogP contribution in [0.1, 0.15) is 33.1 Å². The Hall–Kier alpha value is -4.39. The van der Waals surface area contributed by atoms with Gasteiger partial charge < -0.3 is 10.1 Å². The minimum atomic E-state index is -0.405. The van der Waals surface area contributed by atoms with E-state index in [9.17, 15) is 4.79 Å². The third kappa shape index (κ3) is 4.54. The molecule has 3 aromatic carbocycles. The first-order valence-corrected chi connectivity index (χ1v) is 11.0. The Labute approximate surface area is 196 Å². The molecule has 5 rings (SSSR count). The number of benzene rings is 3. The zero-order valence-electron chi connectivity index (χ0n) is 18.9. The molecule has 0 saturated heterocycles. The molecule has 0 aliphatic heterocycles. The van der Waals surface area contributed by atoms with Crippen molar-refractivity contribution in [3.8, 4) is 0 Å². The molecule has 7 heteroatoms. The summed E-state index contributed by atoms with van der Waals surface area (Å²) < 4.78 is 5.49. The number of nitrogens with one attached hydrogen (secondary N) is 1. The third-order valence-electron chi connectivity index (χ3n) is 5.61. The first-order chi connectivity index (χ1) is 16.6. The van der Waals surface area contributed by atoms with Crippen molar-refractivity contribution in [2.45, 2.75) is 27.0 Å². The van der Waals surface area contributed by atoms with Crippen molar-refractivity contribution in [1.82, 2.24) is 19.9 Å². The Morgan fingerprint density at radius 3 is 1.79 bits per heavy atom. The fourth-order valence-corrected chi connectivity index (χ4v) is 3.68. The van der Waals surface area contributed by atoms with Gasteiger partial charge in [-0.1, -0.05) is 24.3 Å². The van der Waals surface area contributed by atoms with Gasteiger partial charge in [-0.25, -0.2) is 24.7 Å². The van der Waals surface area contributed by atoms with E-state index in [1.807, 2.05) is 74.5 Å². The summed E-state index contributed by atoms with van der Waals surface area (Å²) in [6, 6.07) is 22.6. The van der Waals surface area contributed by atoms with Crippen LogP contribution in [0.3, 0.4) is 0 Å². The second-order valence-electron chi connectivity index (χ2n) is 8.00. The molecule has 0 aliphatic carbocycles. The lowest BCUT2D eigenvalue weighted by molar-refractivity contribution is 0.0467. The zero-order valence-corrected chi connectivity index (χ0v) is 18.9. The summed E-state index contributed by atoms with van der Waals surface area (Å²) in [7, 11) is 0. The lowest BCUT2D eigenvalue weighted by Crippen LogP contribution is -2.09. The van der Waals surface area contributed by atoms with Gasteiger partial charge in [0, 0.05) is 5.69 Å². The Balaban J connectivity index is 1.21. The largest absolute Gasteiger partial charge is 0.456 e. The van der Waals surface area contributed by atoms with Crippen molar-refractivity contribution >= 4 is 33.7 Å². The van der Waals surface area contributed by atoms with Crippen molar-refractivity contribution in [2.24, 2.45) is 0 Å². The maximum Gasteiger partial charge on any atom is 0.338 e. The summed E-state index contributed by atoms with van der Waals surface area (Å²) in [6.45, 7) is 4.43. The van der Waals surface area contributed by atoms with Gasteiger partial charge in [0.2, 0.25) is 0 Å². The summed E-state index contributed by atoms with van der Waals surface area (Å²) in [5.74, 6) is -0.405. The van der Waals surface area contributed by atoms with Gasteiger partial charge in [0.25, 0.3) is 0 Å². The predicted molar refractivity (Wildman–Crippen MR) is 131 cm³/mol. The monoisotopic (exact) mass is 449 g/mol. The molecule has 0 spiro atoms. The number of aromatic nitrogens is 4. The van der Waals surface area contributed by atoms with Crippen LogP contribution in [0.15, 0.2) is 72.8 Å². The first-order valence-electron chi connectivity index (χ1n) is 11.0. The quantitative estimate of drug-likeness (QED) is 0.358. The second kappa shape index (κ2) is 9.23. The average Bonchev–Trinajstić information content (AvgIpc) is 2.86. The average molecular weight is 450 g/mol. The van der Waals surface area contributed by atoms with Crippen LogP contribution in [-0.4, -0.2) is 25.9 Å². The highest BCUT2D eigenvalue weighted by molar-refractivity contribution is 5.89. The Kier molecular flexibility index (Phi) is 5.82. The van der Waals surface area contributed by atoms with Crippen molar-refractivity contribution in [3.05, 3.63) is 101 Å². The maximum absolute atomic E-state index is 12.5. The van der Waals surface area contributed by atoms with Gasteiger partial charge in [-0.2, -0.15) is 0 Å². The smallest absolute Gasteiger partial charge is 0.338 e. The van der Waals surface area contributed by atoms with Crippen LogP contribution in [0, 0.1) is 13.8 Å². The number of fused-ring (bicyclic) bond motifs is 2. The molecular weight excluding hydrogens is 426 g/mol. The van der Waals surface area contributed by atoms with E-state index in [2.05, 4.69) is 20.3 Å². The molecule has 2 aromatic heterocycles. The fourth-order valence-electron chi connectivity index (χ4n) is 3.68. The molecule has 0 fully saturated rings. The molecule has 0 saturated carbocycles. The minimum absolute atomic E-state index is 0.0718. The highest BCUT2D eigenvalue weighted by atomic mass is 16.5. The molecule has 7 nitrogen and oxygen atoms in total. The van der Waals surface area contributed by atoms with Gasteiger partial charge in [0.05, 0.1) is 57.0 Å². The first kappa shape index (κ1) is 21.5. The van der Waals surface area contributed by atoms with Gasteiger partial charge in [-0.3, -0.25) is 0 Å². The molecule has 0 bridgehead atoms. The summed E-state index contributed by atoms with van der Waals surface area (Å²) in [5.41, 5.74) is 7.87. The van der Waals surface area contributed by atoms with Gasteiger partial charge in [-0.15, -0.1) is 0 Å². The Bertz CT molecular complexity index is 1500. The van der Waals surface area contributed by atoms with Gasteiger partial charge in [0.1, 0.15) is 6.61 Å². The molecule has 34 heavy (non-hydrogen) atoms. The number of nitrogens with zero attached hydrogens (tertiary/aromatic N) is 4. The second-order valence-corrected chi connectivity index (χ2v) is 8.00. The van der Waals surface area contributed by atoms with Crippen LogP contribution >= 0.6 is 0 Å². The van der Waals surface area contributed by atoms with Crippen LogP contribution < -0.4 is 5.32 Å². The van der Waals surface area contributed by atoms with Crippen LogP contribution in [0.2, 0.25) is 0 Å². The number of aryl methyl sites for hydroxylation is 2. The molecule has 1 N–H and O–H groups in total. The van der Waals surface area contributed by atoms with Gasteiger partial charge >= 0.3 is 5.97 Å². The molecule has 5 aromatic rings. The highest BCUT2D eigenvalue weighted by Crippen LogP contribution is 2.17. The molecule has 0 amide bonds. The highest BCUT2D eigenvalue weighted by Gasteiger charge is 2.11. The molecule has 2 heterocycles. The number of ether oxygens (including phenoxy) is 1. The SMILES string of the molecule is Cc1nc2ccccc2nc1CNc1ccc(C(=O)OCc2nc3ccccc3nc2C)cc1. The van der Waals surface area contributed by atoms with Crippen molar-refractivity contribution < 1.29 is 9.53 Å². The number of para-hydroxylation sites is 4. The van der Waals surface area contributed by atoms with Crippen LogP contribution in [0.25, 0.3) is 22.1 Å². The topological polar surface area (TPSA) is 89.9 Å². The molecule has 0 unspecified atom stereocenters. The molecule has 0 radical (unpaired) electrons. The summed E-state index contributed by atoms with van der Waals surface area (Å²) in [5, 5.41) is 3.34. The van der Waals surface area contributed by atoms with Gasteiger partial charge in [0.15, 0.2) is 0 Å². The van der Waals surface area contributed by atoms with E-state index in [0.29, 0.717) is 17.8 Å². The molecule has 168 valence electrons. The van der Waals surface area contributed by atoms with E-state index in [4.69, 9.17) is 9.72 Å². The number of anilines is 1. The number of carbonyl (C=O) groups is 1. The molecular formula is C27H23N5O2. The zero-order chi connectivity index (χ0) is 23.5. The van der Waals surface area contributed by atoms with E-state index in [1.165, 1.54) is 0 Å². The van der Waals surface area contributed by atoms with Crippen molar-refractivity contribution in [3.63, 3.8) is 0 Å². The van der Waals surface area contributed by atoms with E-state index in [1.54, 1.807) is 12.1 Å². The normalized spacial score (nSPS) is 11.0. The summed E-state index contributed by atoms with van der Waals surface area (Å²) in [6.07, 6.45) is 0. The third-order valence-corrected chi connectivity index (χ3v) is 5.61. The number of hydrogen-bond donors (Lipinski definition) is 1. The van der Waals surface area contributed by atoms with Gasteiger partial charge in [-0.05, 0) is 62.4 Å². The van der Waals surface area contributed by atoms with Crippen molar-refractivity contribution in [2.75, 3.05) is 5.32 Å². The van der Waals surface area contributed by atoms with E-state index in [0.717, 1.165) is 44.8 Å². The van der Waals surface area contributed by atoms with E-state index >= 15 is 0 Å². The Morgan fingerprint density at radius 2 is 1.21 bits per heavy atom. The van der Waals surface area contributed by atoms with E-state index < -0.39 is 5.97 Å². The standard InChI is InChI=1S/C27H23N5O2/c1-17-25(31-23-9-5-3-7-21(23)29-17)15-28-20-13-11-19(12-14-20)27(33)34-16-26-18(2)30-22-8-4-6-10-24(22)32-26/h3-14,28H,15-16H2,1-2H3. The summed E-state index contributed by atoms with van der Waals surface area (Å²) >= 11 is 0. The molecule has 0 aliphatic rings. The van der Waals surface area contributed by atoms with Crippen molar-refractivity contribution in [1.29, 1.82) is 0 Å². The lowest BCUT2D eigenvalue weighted by Gasteiger charge is -2.10. The van der Waals surface area contributed by atoms with Crippen LogP contribution in [0.4, 0.5) is 5.69 Å². The minimum Gasteiger partial charge on any atom is -0.456 e. The maximum atomic E-state index is 12.5. The number of rotatable bonds is 6. The lowest BCUT2D eigenvalue weighted by atomic mass is 10.2. The van der Waals surface area contributed by atoms with Crippen LogP contribution in [-0.2, 0) is 17.9 Å². The van der Waals surface area contributed by atoms with E-state index in [-0.39, 0.29) is 6.61 Å². The predicted octanol–water partition coefficient (Wildman–Crippen LogP) is 5.16. The summed E-state index contributed by atoms with van der Waals surface area (Å²) in [4.78, 5) is 31.0. The fraction of sp³-hybridized carbons (Fsp3) is 0.148.